The third-order valence-electron chi connectivity index (χ3n) is 2.64. The topological polar surface area (TPSA) is 25.8 Å². The Balaban J connectivity index is 2.04. The van der Waals surface area contributed by atoms with Crippen LogP contribution in [0.2, 0.25) is 0 Å². The van der Waals surface area contributed by atoms with Crippen LogP contribution in [-0.2, 0) is 11.6 Å². The standard InChI is InChI=1S/C14H15ClN2S/c1-10-3-5-12(6-4-10)18-9-14-16-8-11(2)13(7-15)17-14/h3-6,8H,7,9H2,1-2H3. The van der Waals surface area contributed by atoms with Crippen molar-refractivity contribution >= 4 is 23.4 Å². The summed E-state index contributed by atoms with van der Waals surface area (Å²) in [6.45, 7) is 4.07. The van der Waals surface area contributed by atoms with Gasteiger partial charge in [0.2, 0.25) is 0 Å². The molecule has 2 aromatic rings. The summed E-state index contributed by atoms with van der Waals surface area (Å²) < 4.78 is 0. The molecule has 0 radical (unpaired) electrons. The average Bonchev–Trinajstić information content (AvgIpc) is 2.39. The summed E-state index contributed by atoms with van der Waals surface area (Å²) in [7, 11) is 0. The zero-order valence-electron chi connectivity index (χ0n) is 10.5. The Labute approximate surface area is 117 Å². The lowest BCUT2D eigenvalue weighted by Crippen LogP contribution is -1.99. The van der Waals surface area contributed by atoms with Crippen molar-refractivity contribution in [1.29, 1.82) is 0 Å². The van der Waals surface area contributed by atoms with Crippen LogP contribution < -0.4 is 0 Å². The smallest absolute Gasteiger partial charge is 0.138 e. The number of hydrogen-bond acceptors (Lipinski definition) is 3. The van der Waals surface area contributed by atoms with Gasteiger partial charge in [0.15, 0.2) is 0 Å². The number of benzene rings is 1. The van der Waals surface area contributed by atoms with E-state index in [2.05, 4.69) is 41.2 Å². The minimum atomic E-state index is 0.441. The van der Waals surface area contributed by atoms with Gasteiger partial charge in [-0.2, -0.15) is 0 Å². The molecule has 0 amide bonds. The predicted octanol–water partition coefficient (Wildman–Crippen LogP) is 4.12. The molecular formula is C14H15ClN2S. The molecule has 1 aromatic carbocycles. The van der Waals surface area contributed by atoms with E-state index in [1.165, 1.54) is 10.5 Å². The maximum atomic E-state index is 5.84. The monoisotopic (exact) mass is 278 g/mol. The van der Waals surface area contributed by atoms with Gasteiger partial charge in [0.25, 0.3) is 0 Å². The molecule has 18 heavy (non-hydrogen) atoms. The molecule has 2 nitrogen and oxygen atoms in total. The van der Waals surface area contributed by atoms with Gasteiger partial charge in [-0.1, -0.05) is 17.7 Å². The molecule has 0 bridgehead atoms. The second kappa shape index (κ2) is 6.21. The summed E-state index contributed by atoms with van der Waals surface area (Å²) in [5.74, 6) is 2.05. The van der Waals surface area contributed by atoms with Crippen molar-refractivity contribution in [3.8, 4) is 0 Å². The first-order chi connectivity index (χ1) is 8.69. The van der Waals surface area contributed by atoms with E-state index in [0.717, 1.165) is 22.8 Å². The van der Waals surface area contributed by atoms with E-state index in [9.17, 15) is 0 Å². The fraction of sp³-hybridized carbons (Fsp3) is 0.286. The van der Waals surface area contributed by atoms with Crippen LogP contribution in [0.4, 0.5) is 0 Å². The molecule has 0 aliphatic carbocycles. The van der Waals surface area contributed by atoms with Gasteiger partial charge >= 0.3 is 0 Å². The molecule has 0 saturated heterocycles. The van der Waals surface area contributed by atoms with Gasteiger partial charge in [-0.3, -0.25) is 0 Å². The highest BCUT2D eigenvalue weighted by Crippen LogP contribution is 2.22. The number of nitrogens with zero attached hydrogens (tertiary/aromatic N) is 2. The Kier molecular flexibility index (Phi) is 4.61. The van der Waals surface area contributed by atoms with Crippen LogP contribution in [0.3, 0.4) is 0 Å². The van der Waals surface area contributed by atoms with Gasteiger partial charge in [-0.15, -0.1) is 23.4 Å². The van der Waals surface area contributed by atoms with Crippen LogP contribution in [0.5, 0.6) is 0 Å². The molecule has 94 valence electrons. The molecule has 4 heteroatoms. The van der Waals surface area contributed by atoms with Crippen LogP contribution in [0.15, 0.2) is 35.4 Å². The van der Waals surface area contributed by atoms with E-state index in [0.29, 0.717) is 5.88 Å². The zero-order valence-corrected chi connectivity index (χ0v) is 12.1. The number of halogens is 1. The molecule has 1 aromatic heterocycles. The van der Waals surface area contributed by atoms with Crippen LogP contribution in [0, 0.1) is 13.8 Å². The van der Waals surface area contributed by atoms with E-state index >= 15 is 0 Å². The van der Waals surface area contributed by atoms with Crippen LogP contribution >= 0.6 is 23.4 Å². The summed E-state index contributed by atoms with van der Waals surface area (Å²) >= 11 is 7.58. The van der Waals surface area contributed by atoms with Crippen molar-refractivity contribution in [2.75, 3.05) is 0 Å². The Bertz CT molecular complexity index is 526. The van der Waals surface area contributed by atoms with E-state index in [4.69, 9.17) is 11.6 Å². The maximum Gasteiger partial charge on any atom is 0.138 e. The first-order valence-electron chi connectivity index (χ1n) is 5.76. The van der Waals surface area contributed by atoms with Crippen molar-refractivity contribution in [2.24, 2.45) is 0 Å². The molecular weight excluding hydrogens is 264 g/mol. The third-order valence-corrected chi connectivity index (χ3v) is 3.90. The maximum absolute atomic E-state index is 5.84. The number of aromatic nitrogens is 2. The Morgan fingerprint density at radius 2 is 1.89 bits per heavy atom. The Hall–Kier alpha value is -1.06. The lowest BCUT2D eigenvalue weighted by Gasteiger charge is -2.05. The number of thioether (sulfide) groups is 1. The summed E-state index contributed by atoms with van der Waals surface area (Å²) in [6.07, 6.45) is 1.84. The Morgan fingerprint density at radius 3 is 2.56 bits per heavy atom. The Morgan fingerprint density at radius 1 is 1.17 bits per heavy atom. The summed E-state index contributed by atoms with van der Waals surface area (Å²) in [4.78, 5) is 10.0. The van der Waals surface area contributed by atoms with Crippen molar-refractivity contribution < 1.29 is 0 Å². The molecule has 0 saturated carbocycles. The molecule has 0 fully saturated rings. The van der Waals surface area contributed by atoms with Gasteiger partial charge < -0.3 is 0 Å². The zero-order chi connectivity index (χ0) is 13.0. The van der Waals surface area contributed by atoms with Crippen molar-refractivity contribution in [3.05, 3.63) is 53.1 Å². The second-order valence-electron chi connectivity index (χ2n) is 4.15. The van der Waals surface area contributed by atoms with Crippen molar-refractivity contribution in [1.82, 2.24) is 9.97 Å². The van der Waals surface area contributed by atoms with E-state index in [-0.39, 0.29) is 0 Å². The van der Waals surface area contributed by atoms with E-state index in [1.807, 2.05) is 13.1 Å². The highest BCUT2D eigenvalue weighted by Gasteiger charge is 2.03. The van der Waals surface area contributed by atoms with Gasteiger partial charge in [0.05, 0.1) is 17.3 Å². The first kappa shape index (κ1) is 13.4. The lowest BCUT2D eigenvalue weighted by molar-refractivity contribution is 0.962. The third kappa shape index (κ3) is 3.47. The summed E-state index contributed by atoms with van der Waals surface area (Å²) in [5, 5.41) is 0. The highest BCUT2D eigenvalue weighted by molar-refractivity contribution is 7.98. The van der Waals surface area contributed by atoms with Crippen LogP contribution in [0.25, 0.3) is 0 Å². The van der Waals surface area contributed by atoms with Gasteiger partial charge in [-0.05, 0) is 31.5 Å². The molecule has 0 aliphatic heterocycles. The van der Waals surface area contributed by atoms with Gasteiger partial charge in [0, 0.05) is 11.1 Å². The average molecular weight is 279 g/mol. The number of rotatable bonds is 4. The normalized spacial score (nSPS) is 10.6. The molecule has 2 rings (SSSR count). The van der Waals surface area contributed by atoms with Crippen molar-refractivity contribution in [2.45, 2.75) is 30.4 Å². The van der Waals surface area contributed by atoms with Gasteiger partial charge in [0.1, 0.15) is 5.82 Å². The molecule has 1 heterocycles. The summed E-state index contributed by atoms with van der Waals surface area (Å²) in [5.41, 5.74) is 3.25. The lowest BCUT2D eigenvalue weighted by atomic mass is 10.2. The minimum absolute atomic E-state index is 0.441. The van der Waals surface area contributed by atoms with Crippen LogP contribution in [0.1, 0.15) is 22.6 Å². The SMILES string of the molecule is Cc1ccc(SCc2ncc(C)c(CCl)n2)cc1. The fourth-order valence-electron chi connectivity index (χ4n) is 1.51. The van der Waals surface area contributed by atoms with E-state index < -0.39 is 0 Å². The first-order valence-corrected chi connectivity index (χ1v) is 7.28. The quantitative estimate of drug-likeness (QED) is 0.621. The van der Waals surface area contributed by atoms with Crippen LogP contribution in [-0.4, -0.2) is 9.97 Å². The fourth-order valence-corrected chi connectivity index (χ4v) is 2.54. The van der Waals surface area contributed by atoms with E-state index in [1.54, 1.807) is 11.8 Å². The summed E-state index contributed by atoms with van der Waals surface area (Å²) in [6, 6.07) is 8.47. The molecule has 0 atom stereocenters. The predicted molar refractivity (Wildman–Crippen MR) is 77.1 cm³/mol. The molecule has 0 aliphatic rings. The highest BCUT2D eigenvalue weighted by atomic mass is 35.5. The molecule has 0 N–H and O–H groups in total. The number of aryl methyl sites for hydroxylation is 2. The largest absolute Gasteiger partial charge is 0.240 e. The number of hydrogen-bond donors (Lipinski definition) is 0. The van der Waals surface area contributed by atoms with Crippen molar-refractivity contribution in [3.63, 3.8) is 0 Å². The second-order valence-corrected chi connectivity index (χ2v) is 5.47. The molecule has 0 spiro atoms. The number of alkyl halides is 1. The molecule has 0 unspecified atom stereocenters. The van der Waals surface area contributed by atoms with Gasteiger partial charge in [-0.25, -0.2) is 9.97 Å². The minimum Gasteiger partial charge on any atom is -0.240 e.